The fraction of sp³-hybridized carbons (Fsp3) is 0.360. The Labute approximate surface area is 211 Å². The number of nitrogens with one attached hydrogen (secondary N) is 2. The molecule has 0 saturated heterocycles. The van der Waals surface area contributed by atoms with Crippen molar-refractivity contribution >= 4 is 35.0 Å². The van der Waals surface area contributed by atoms with Gasteiger partial charge in [0.15, 0.2) is 0 Å². The van der Waals surface area contributed by atoms with Gasteiger partial charge < -0.3 is 0 Å². The van der Waals surface area contributed by atoms with Crippen molar-refractivity contribution in [3.63, 3.8) is 0 Å². The van der Waals surface area contributed by atoms with Gasteiger partial charge in [0.2, 0.25) is 0 Å². The molecule has 2 aliphatic rings. The molecule has 1 unspecified atom stereocenters. The van der Waals surface area contributed by atoms with E-state index >= 15 is 0 Å². The number of azide groups is 2. The summed E-state index contributed by atoms with van der Waals surface area (Å²) in [6, 6.07) is 6.06. The molecule has 2 aromatic carbocycles. The zero-order valence-corrected chi connectivity index (χ0v) is 20.5. The molecule has 4 rings (SSSR count). The Balaban J connectivity index is 1.56. The first-order valence-corrected chi connectivity index (χ1v) is 11.7. The van der Waals surface area contributed by atoms with Crippen molar-refractivity contribution in [1.82, 2.24) is 10.6 Å². The van der Waals surface area contributed by atoms with Crippen molar-refractivity contribution in [1.29, 1.82) is 0 Å². The van der Waals surface area contributed by atoms with Crippen molar-refractivity contribution in [2.75, 3.05) is 0 Å². The average Bonchev–Trinajstić information content (AvgIpc) is 3.28. The molecule has 188 valence electrons. The van der Waals surface area contributed by atoms with E-state index in [0.717, 1.165) is 0 Å². The molecule has 0 saturated carbocycles. The Morgan fingerprint density at radius 2 is 1.30 bits per heavy atom. The topological polar surface area (TPSA) is 190 Å². The van der Waals surface area contributed by atoms with Gasteiger partial charge in [0.05, 0.1) is 22.3 Å². The van der Waals surface area contributed by atoms with Gasteiger partial charge in [-0.2, -0.15) is 0 Å². The smallest absolute Gasteiger partial charge is 0.259 e. The van der Waals surface area contributed by atoms with Crippen LogP contribution < -0.4 is 10.6 Å². The van der Waals surface area contributed by atoms with Gasteiger partial charge in [-0.1, -0.05) is 43.1 Å². The number of rotatable bonds is 9. The summed E-state index contributed by atoms with van der Waals surface area (Å²) in [5, 5.41) is 12.0. The lowest BCUT2D eigenvalue weighted by atomic mass is 9.75. The summed E-state index contributed by atoms with van der Waals surface area (Å²) in [5.74, 6) is -1.84. The molecule has 37 heavy (non-hydrogen) atoms. The summed E-state index contributed by atoms with van der Waals surface area (Å²) in [6.07, 6.45) is 2.12. The number of nitrogens with zero attached hydrogens (tertiary/aromatic N) is 6. The minimum absolute atomic E-state index is 0.125. The minimum Gasteiger partial charge on any atom is -0.288 e. The number of carbonyl (C=O) groups is 4. The molecular weight excluding hydrogens is 476 g/mol. The van der Waals surface area contributed by atoms with E-state index in [1.54, 1.807) is 12.1 Å². The number of amides is 4. The summed E-state index contributed by atoms with van der Waals surface area (Å²) in [4.78, 5) is 54.8. The van der Waals surface area contributed by atoms with Gasteiger partial charge in [0.1, 0.15) is 0 Å². The molecule has 0 radical (unpaired) electrons. The molecule has 2 N–H and O–H groups in total. The molecule has 2 aliphatic heterocycles. The average molecular weight is 501 g/mol. The molecule has 0 bridgehead atoms. The van der Waals surface area contributed by atoms with Crippen LogP contribution in [0, 0.1) is 11.3 Å². The van der Waals surface area contributed by atoms with E-state index < -0.39 is 23.6 Å². The maximum absolute atomic E-state index is 12.5. The Morgan fingerprint density at radius 3 is 1.81 bits per heavy atom. The van der Waals surface area contributed by atoms with Crippen molar-refractivity contribution < 1.29 is 19.2 Å². The molecule has 12 nitrogen and oxygen atoms in total. The number of imide groups is 2. The molecular formula is C25H24N8O4. The van der Waals surface area contributed by atoms with Gasteiger partial charge in [0.25, 0.3) is 23.6 Å². The fourth-order valence-electron chi connectivity index (χ4n) is 5.34. The van der Waals surface area contributed by atoms with E-state index in [9.17, 15) is 19.2 Å². The first-order valence-electron chi connectivity index (χ1n) is 11.7. The monoisotopic (exact) mass is 500 g/mol. The summed E-state index contributed by atoms with van der Waals surface area (Å²) >= 11 is 0. The number of hydrogen-bond acceptors (Lipinski definition) is 6. The molecule has 0 aliphatic carbocycles. The summed E-state index contributed by atoms with van der Waals surface area (Å²) < 4.78 is 0. The highest BCUT2D eigenvalue weighted by Gasteiger charge is 2.34. The largest absolute Gasteiger partial charge is 0.288 e. The summed E-state index contributed by atoms with van der Waals surface area (Å²) in [6.45, 7) is 6.09. The molecule has 2 aromatic rings. The lowest BCUT2D eigenvalue weighted by Crippen LogP contribution is -2.22. The highest BCUT2D eigenvalue weighted by molar-refractivity contribution is 6.23. The molecule has 0 aromatic heterocycles. The Morgan fingerprint density at radius 1 is 0.811 bits per heavy atom. The predicted molar refractivity (Wildman–Crippen MR) is 134 cm³/mol. The lowest BCUT2D eigenvalue weighted by molar-refractivity contribution is 0.0862. The maximum atomic E-state index is 12.5. The number of carbonyl (C=O) groups excluding carboxylic acids is 4. The first kappa shape index (κ1) is 25.4. The fourth-order valence-corrected chi connectivity index (χ4v) is 5.34. The summed E-state index contributed by atoms with van der Waals surface area (Å²) in [7, 11) is 0. The minimum atomic E-state index is -0.509. The van der Waals surface area contributed by atoms with Crippen LogP contribution in [0.3, 0.4) is 0 Å². The van der Waals surface area contributed by atoms with Gasteiger partial charge in [-0.05, 0) is 71.3 Å². The van der Waals surface area contributed by atoms with Crippen molar-refractivity contribution in [3.05, 3.63) is 78.5 Å². The van der Waals surface area contributed by atoms with Crippen LogP contribution in [-0.2, 0) is 12.8 Å². The van der Waals surface area contributed by atoms with Crippen LogP contribution in [0.4, 0.5) is 11.4 Å². The number of benzene rings is 2. The molecule has 2 heterocycles. The van der Waals surface area contributed by atoms with E-state index in [2.05, 4.69) is 30.7 Å². The van der Waals surface area contributed by atoms with Crippen LogP contribution in [0.15, 0.2) is 34.5 Å². The van der Waals surface area contributed by atoms with Crippen LogP contribution in [0.25, 0.3) is 20.9 Å². The Hall–Kier alpha value is -4.66. The number of fused-ring (bicyclic) bond motifs is 2. The SMILES string of the molecule is CC(CCc1c(N=[N+]=[N-])ccc2c1C(=O)NC2=O)CC(C)(C)Cc1c(N=[N+]=[N-])ccc2c1C(=O)NC2=O. The zero-order valence-electron chi connectivity index (χ0n) is 20.5. The van der Waals surface area contributed by atoms with Crippen LogP contribution in [0.5, 0.6) is 0 Å². The van der Waals surface area contributed by atoms with Gasteiger partial charge in [0, 0.05) is 21.2 Å². The molecule has 0 spiro atoms. The first-order chi connectivity index (χ1) is 17.6. The third-order valence-electron chi connectivity index (χ3n) is 6.72. The maximum Gasteiger partial charge on any atom is 0.259 e. The predicted octanol–water partition coefficient (Wildman–Crippen LogP) is 5.57. The van der Waals surface area contributed by atoms with E-state index in [-0.39, 0.29) is 33.6 Å². The standard InChI is InChI=1S/C25H24N8O4/c1-12(4-5-13-17(30-32-26)8-6-14-19(13)23(36)28-21(14)34)10-25(2,3)11-16-18(31-33-27)9-7-15-20(16)24(37)29-22(15)35/h6-9,12H,4-5,10-11H2,1-3H3,(H,28,34,36)(H,29,35,37). The third kappa shape index (κ3) is 4.88. The summed E-state index contributed by atoms with van der Waals surface area (Å²) in [5.41, 5.74) is 20.3. The normalized spacial score (nSPS) is 14.8. The molecule has 12 heteroatoms. The second-order valence-corrected chi connectivity index (χ2v) is 10.1. The van der Waals surface area contributed by atoms with Crippen LogP contribution in [0.1, 0.15) is 86.2 Å². The van der Waals surface area contributed by atoms with Gasteiger partial charge in [-0.3, -0.25) is 29.8 Å². The van der Waals surface area contributed by atoms with Crippen LogP contribution in [-0.4, -0.2) is 23.6 Å². The third-order valence-corrected chi connectivity index (χ3v) is 6.72. The van der Waals surface area contributed by atoms with E-state index in [1.807, 2.05) is 20.8 Å². The Bertz CT molecular complexity index is 1470. The van der Waals surface area contributed by atoms with Crippen molar-refractivity contribution in [2.24, 2.45) is 21.6 Å². The van der Waals surface area contributed by atoms with Crippen molar-refractivity contribution in [2.45, 2.75) is 46.5 Å². The van der Waals surface area contributed by atoms with Crippen LogP contribution in [0.2, 0.25) is 0 Å². The number of hydrogen-bond donors (Lipinski definition) is 2. The quantitative estimate of drug-likeness (QED) is 0.197. The molecule has 0 fully saturated rings. The Kier molecular flexibility index (Phi) is 6.72. The highest BCUT2D eigenvalue weighted by Crippen LogP contribution is 2.39. The van der Waals surface area contributed by atoms with Gasteiger partial charge in [-0.15, -0.1) is 0 Å². The van der Waals surface area contributed by atoms with E-state index in [4.69, 9.17) is 11.1 Å². The van der Waals surface area contributed by atoms with Crippen LogP contribution >= 0.6 is 0 Å². The zero-order chi connectivity index (χ0) is 26.9. The van der Waals surface area contributed by atoms with Crippen molar-refractivity contribution in [3.8, 4) is 0 Å². The second kappa shape index (κ2) is 9.77. The van der Waals surface area contributed by atoms with Gasteiger partial charge in [-0.25, -0.2) is 0 Å². The molecule has 4 amide bonds. The van der Waals surface area contributed by atoms with Gasteiger partial charge >= 0.3 is 0 Å². The second-order valence-electron chi connectivity index (χ2n) is 10.1. The molecule has 1 atom stereocenters. The highest BCUT2D eigenvalue weighted by atomic mass is 16.2. The van der Waals surface area contributed by atoms with E-state index in [0.29, 0.717) is 48.2 Å². The lowest BCUT2D eigenvalue weighted by Gasteiger charge is -2.29. The van der Waals surface area contributed by atoms with E-state index in [1.165, 1.54) is 12.1 Å².